The highest BCUT2D eigenvalue weighted by molar-refractivity contribution is 5.85. The van der Waals surface area contributed by atoms with Crippen molar-refractivity contribution in [3.05, 3.63) is 54.2 Å². The fraction of sp³-hybridized carbons (Fsp3) is 0.333. The first-order valence-corrected chi connectivity index (χ1v) is 7.65. The average molecular weight is 292 g/mol. The summed E-state index contributed by atoms with van der Waals surface area (Å²) in [6, 6.07) is 10.7. The molecule has 3 aromatic rings. The van der Waals surface area contributed by atoms with Crippen molar-refractivity contribution in [3.8, 4) is 6.07 Å². The molecule has 0 aliphatic rings. The molecule has 0 aliphatic carbocycles. The van der Waals surface area contributed by atoms with Crippen LogP contribution in [0.5, 0.6) is 0 Å². The van der Waals surface area contributed by atoms with Crippen LogP contribution < -0.4 is 0 Å². The van der Waals surface area contributed by atoms with Crippen molar-refractivity contribution in [1.82, 2.24) is 14.1 Å². The van der Waals surface area contributed by atoms with Crippen molar-refractivity contribution in [2.45, 2.75) is 39.3 Å². The summed E-state index contributed by atoms with van der Waals surface area (Å²) in [6.07, 6.45) is 6.18. The lowest BCUT2D eigenvalue weighted by Crippen LogP contribution is -2.08. The third kappa shape index (κ3) is 2.50. The smallest absolute Gasteiger partial charge is 0.0949 e. The van der Waals surface area contributed by atoms with E-state index in [1.165, 1.54) is 22.2 Å². The van der Waals surface area contributed by atoms with Crippen molar-refractivity contribution in [2.24, 2.45) is 0 Å². The van der Waals surface area contributed by atoms with Gasteiger partial charge < -0.3 is 9.13 Å². The Morgan fingerprint density at radius 1 is 1.27 bits per heavy atom. The van der Waals surface area contributed by atoms with Crippen LogP contribution in [-0.4, -0.2) is 14.1 Å². The van der Waals surface area contributed by atoms with Crippen LogP contribution in [0.3, 0.4) is 0 Å². The van der Waals surface area contributed by atoms with E-state index in [2.05, 4.69) is 58.3 Å². The third-order valence-corrected chi connectivity index (χ3v) is 4.01. The number of aromatic nitrogens is 3. The van der Waals surface area contributed by atoms with Crippen molar-refractivity contribution in [2.75, 3.05) is 0 Å². The maximum Gasteiger partial charge on any atom is 0.0949 e. The number of para-hydroxylation sites is 1. The van der Waals surface area contributed by atoms with Gasteiger partial charge in [0, 0.05) is 41.1 Å². The molecule has 1 aromatic carbocycles. The standard InChI is InChI=1S/C18H20N4/c1-14(2)18-16(12-21-11-9-20-13-21)15-6-3-4-7-17(15)22(18)10-5-8-19/h3-4,6-7,9,11,13-14H,5,10,12H2,1-2H3. The van der Waals surface area contributed by atoms with E-state index in [4.69, 9.17) is 5.26 Å². The van der Waals surface area contributed by atoms with Crippen molar-refractivity contribution < 1.29 is 0 Å². The Morgan fingerprint density at radius 2 is 2.09 bits per heavy atom. The quantitative estimate of drug-likeness (QED) is 0.715. The first kappa shape index (κ1) is 14.4. The van der Waals surface area contributed by atoms with Crippen molar-refractivity contribution >= 4 is 10.9 Å². The number of nitrogens with zero attached hydrogens (tertiary/aromatic N) is 4. The maximum absolute atomic E-state index is 8.97. The Kier molecular flexibility index (Phi) is 3.97. The highest BCUT2D eigenvalue weighted by Crippen LogP contribution is 2.32. The first-order chi connectivity index (χ1) is 10.7. The van der Waals surface area contributed by atoms with Crippen LogP contribution in [0.2, 0.25) is 0 Å². The molecule has 4 heteroatoms. The van der Waals surface area contributed by atoms with Gasteiger partial charge in [0.25, 0.3) is 0 Å². The van der Waals surface area contributed by atoms with Crippen LogP contribution in [0.4, 0.5) is 0 Å². The van der Waals surface area contributed by atoms with Crippen LogP contribution >= 0.6 is 0 Å². The van der Waals surface area contributed by atoms with Crippen LogP contribution in [0.1, 0.15) is 37.4 Å². The Balaban J connectivity index is 2.20. The van der Waals surface area contributed by atoms with Gasteiger partial charge in [0.2, 0.25) is 0 Å². The monoisotopic (exact) mass is 292 g/mol. The fourth-order valence-electron chi connectivity index (χ4n) is 3.19. The Morgan fingerprint density at radius 3 is 2.77 bits per heavy atom. The van der Waals surface area contributed by atoms with E-state index in [0.717, 1.165) is 13.1 Å². The summed E-state index contributed by atoms with van der Waals surface area (Å²) in [5.74, 6) is 0.407. The van der Waals surface area contributed by atoms with Gasteiger partial charge in [0.1, 0.15) is 0 Å². The molecule has 0 amide bonds. The van der Waals surface area contributed by atoms with Gasteiger partial charge in [-0.2, -0.15) is 5.26 Å². The largest absolute Gasteiger partial charge is 0.343 e. The molecule has 0 bridgehead atoms. The van der Waals surface area contributed by atoms with E-state index in [1.54, 1.807) is 0 Å². The number of hydrogen-bond acceptors (Lipinski definition) is 2. The average Bonchev–Trinajstić information content (AvgIpc) is 3.12. The fourth-order valence-corrected chi connectivity index (χ4v) is 3.19. The van der Waals surface area contributed by atoms with Gasteiger partial charge in [-0.25, -0.2) is 4.98 Å². The number of fused-ring (bicyclic) bond motifs is 1. The second-order valence-electron chi connectivity index (χ2n) is 5.83. The van der Waals surface area contributed by atoms with Gasteiger partial charge in [-0.15, -0.1) is 0 Å². The Hall–Kier alpha value is -2.54. The number of aryl methyl sites for hydroxylation is 1. The van der Waals surface area contributed by atoms with Gasteiger partial charge >= 0.3 is 0 Å². The van der Waals surface area contributed by atoms with E-state index < -0.39 is 0 Å². The maximum atomic E-state index is 8.97. The molecule has 0 atom stereocenters. The molecule has 0 aliphatic heterocycles. The van der Waals surface area contributed by atoms with Crippen LogP contribution in [0, 0.1) is 11.3 Å². The summed E-state index contributed by atoms with van der Waals surface area (Å²) in [5, 5.41) is 10.2. The molecule has 2 aromatic heterocycles. The van der Waals surface area contributed by atoms with E-state index in [-0.39, 0.29) is 0 Å². The number of nitriles is 1. The molecule has 2 heterocycles. The highest BCUT2D eigenvalue weighted by Gasteiger charge is 2.19. The lowest BCUT2D eigenvalue weighted by Gasteiger charge is -2.14. The van der Waals surface area contributed by atoms with E-state index in [1.807, 2.05) is 18.7 Å². The lowest BCUT2D eigenvalue weighted by atomic mass is 10.0. The zero-order chi connectivity index (χ0) is 15.5. The molecule has 0 N–H and O–H groups in total. The minimum absolute atomic E-state index is 0.407. The Labute approximate surface area is 130 Å². The molecular weight excluding hydrogens is 272 g/mol. The topological polar surface area (TPSA) is 46.5 Å². The SMILES string of the molecule is CC(C)c1c(Cn2ccnc2)c2ccccc2n1CCC#N. The molecular formula is C18H20N4. The summed E-state index contributed by atoms with van der Waals surface area (Å²) >= 11 is 0. The van der Waals surface area contributed by atoms with E-state index >= 15 is 0 Å². The molecule has 3 rings (SSSR count). The lowest BCUT2D eigenvalue weighted by molar-refractivity contribution is 0.648. The second kappa shape index (κ2) is 6.07. The summed E-state index contributed by atoms with van der Waals surface area (Å²) < 4.78 is 4.41. The summed E-state index contributed by atoms with van der Waals surface area (Å²) in [4.78, 5) is 4.14. The number of rotatable bonds is 5. The van der Waals surface area contributed by atoms with Gasteiger partial charge in [-0.3, -0.25) is 0 Å². The molecule has 0 fully saturated rings. The van der Waals surface area contributed by atoms with E-state index in [9.17, 15) is 0 Å². The van der Waals surface area contributed by atoms with Crippen LogP contribution in [0.25, 0.3) is 10.9 Å². The minimum Gasteiger partial charge on any atom is -0.343 e. The normalized spacial score (nSPS) is 11.2. The molecule has 0 spiro atoms. The second-order valence-corrected chi connectivity index (χ2v) is 5.83. The summed E-state index contributed by atoms with van der Waals surface area (Å²) in [6.45, 7) is 5.99. The van der Waals surface area contributed by atoms with Crippen LogP contribution in [-0.2, 0) is 13.1 Å². The first-order valence-electron chi connectivity index (χ1n) is 7.65. The molecule has 0 saturated heterocycles. The summed E-state index contributed by atoms with van der Waals surface area (Å²) in [5.41, 5.74) is 3.88. The molecule has 0 saturated carbocycles. The zero-order valence-electron chi connectivity index (χ0n) is 13.0. The zero-order valence-corrected chi connectivity index (χ0v) is 13.0. The predicted molar refractivity (Wildman–Crippen MR) is 87.6 cm³/mol. The number of benzene rings is 1. The predicted octanol–water partition coefficient (Wildman–Crippen LogP) is 3.92. The van der Waals surface area contributed by atoms with Crippen molar-refractivity contribution in [3.63, 3.8) is 0 Å². The minimum atomic E-state index is 0.407. The van der Waals surface area contributed by atoms with Gasteiger partial charge in [-0.05, 0) is 12.0 Å². The molecule has 0 unspecified atom stereocenters. The van der Waals surface area contributed by atoms with Gasteiger partial charge in [0.15, 0.2) is 0 Å². The van der Waals surface area contributed by atoms with Crippen molar-refractivity contribution in [1.29, 1.82) is 5.26 Å². The van der Waals surface area contributed by atoms with Gasteiger partial charge in [0.05, 0.1) is 25.4 Å². The van der Waals surface area contributed by atoms with E-state index in [0.29, 0.717) is 12.3 Å². The molecule has 0 radical (unpaired) electrons. The highest BCUT2D eigenvalue weighted by atomic mass is 15.0. The van der Waals surface area contributed by atoms with Crippen LogP contribution in [0.15, 0.2) is 43.0 Å². The Bertz CT molecular complexity index is 804. The van der Waals surface area contributed by atoms with Gasteiger partial charge in [-0.1, -0.05) is 32.0 Å². The number of imidazole rings is 1. The third-order valence-electron chi connectivity index (χ3n) is 4.01. The molecule has 22 heavy (non-hydrogen) atoms. The molecule has 112 valence electrons. The number of hydrogen-bond donors (Lipinski definition) is 0. The molecule has 4 nitrogen and oxygen atoms in total. The summed E-state index contributed by atoms with van der Waals surface area (Å²) in [7, 11) is 0.